The van der Waals surface area contributed by atoms with Gasteiger partial charge in [-0.2, -0.15) is 0 Å². The van der Waals surface area contributed by atoms with Gasteiger partial charge in [0.1, 0.15) is 12.4 Å². The third-order valence-corrected chi connectivity index (χ3v) is 3.97. The monoisotopic (exact) mass is 344 g/mol. The topological polar surface area (TPSA) is 67.9 Å². The van der Waals surface area contributed by atoms with Crippen molar-refractivity contribution in [3.8, 4) is 5.75 Å². The summed E-state index contributed by atoms with van der Waals surface area (Å²) in [5, 5.41) is 2.89. The molecule has 25 heavy (non-hydrogen) atoms. The molecule has 0 saturated carbocycles. The Morgan fingerprint density at radius 2 is 2.16 bits per heavy atom. The minimum Gasteiger partial charge on any atom is -0.490 e. The molecule has 134 valence electrons. The zero-order valence-corrected chi connectivity index (χ0v) is 14.9. The number of hydrogen-bond donors (Lipinski definition) is 1. The van der Waals surface area contributed by atoms with E-state index in [2.05, 4.69) is 11.9 Å². The quantitative estimate of drug-likeness (QED) is 0.609. The van der Waals surface area contributed by atoms with Crippen LogP contribution in [0.15, 0.2) is 48.2 Å². The van der Waals surface area contributed by atoms with Crippen LogP contribution in [0, 0.1) is 0 Å². The Balaban J connectivity index is 2.46. The Morgan fingerprint density at radius 3 is 2.80 bits per heavy atom. The van der Waals surface area contributed by atoms with E-state index in [1.165, 1.54) is 4.90 Å². The van der Waals surface area contributed by atoms with E-state index in [9.17, 15) is 9.59 Å². The summed E-state index contributed by atoms with van der Waals surface area (Å²) in [6.07, 6.45) is 1.66. The summed E-state index contributed by atoms with van der Waals surface area (Å²) in [5.41, 5.74) is 1.80. The van der Waals surface area contributed by atoms with Crippen LogP contribution < -0.4 is 10.1 Å². The molecule has 0 spiro atoms. The van der Waals surface area contributed by atoms with Gasteiger partial charge in [-0.3, -0.25) is 4.90 Å². The van der Waals surface area contributed by atoms with Crippen molar-refractivity contribution in [1.82, 2.24) is 10.2 Å². The molecule has 0 bridgehead atoms. The summed E-state index contributed by atoms with van der Waals surface area (Å²) in [5.74, 6) is 0.214. The fourth-order valence-electron chi connectivity index (χ4n) is 2.82. The van der Waals surface area contributed by atoms with Crippen LogP contribution in [0.2, 0.25) is 0 Å². The minimum atomic E-state index is -0.582. The number of carbonyl (C=O) groups is 2. The van der Waals surface area contributed by atoms with Gasteiger partial charge in [-0.1, -0.05) is 24.8 Å². The summed E-state index contributed by atoms with van der Waals surface area (Å²) in [6, 6.07) is 6.47. The summed E-state index contributed by atoms with van der Waals surface area (Å²) in [7, 11) is 0. The van der Waals surface area contributed by atoms with Gasteiger partial charge >= 0.3 is 12.0 Å². The fraction of sp³-hybridized carbons (Fsp3) is 0.368. The molecule has 0 aliphatic carbocycles. The molecule has 1 atom stereocenters. The lowest BCUT2D eigenvalue weighted by Crippen LogP contribution is -2.47. The third-order valence-electron chi connectivity index (χ3n) is 3.97. The molecule has 1 aliphatic heterocycles. The van der Waals surface area contributed by atoms with Crippen molar-refractivity contribution in [1.29, 1.82) is 0 Å². The second-order valence-electron chi connectivity index (χ2n) is 5.52. The van der Waals surface area contributed by atoms with Crippen molar-refractivity contribution in [2.75, 3.05) is 19.8 Å². The lowest BCUT2D eigenvalue weighted by molar-refractivity contribution is -0.139. The van der Waals surface area contributed by atoms with E-state index in [1.807, 2.05) is 31.2 Å². The highest BCUT2D eigenvalue weighted by molar-refractivity contribution is 5.95. The molecule has 6 heteroatoms. The van der Waals surface area contributed by atoms with Gasteiger partial charge in [0.25, 0.3) is 0 Å². The number of esters is 1. The zero-order chi connectivity index (χ0) is 18.4. The van der Waals surface area contributed by atoms with Gasteiger partial charge in [-0.25, -0.2) is 9.59 Å². The van der Waals surface area contributed by atoms with Gasteiger partial charge in [0, 0.05) is 12.2 Å². The third kappa shape index (κ3) is 4.02. The minimum absolute atomic E-state index is 0.240. The van der Waals surface area contributed by atoms with Crippen LogP contribution in [0.1, 0.15) is 32.4 Å². The number of ether oxygens (including phenoxy) is 2. The highest BCUT2D eigenvalue weighted by atomic mass is 16.5. The first-order chi connectivity index (χ1) is 12.0. The van der Waals surface area contributed by atoms with Crippen molar-refractivity contribution in [2.45, 2.75) is 26.8 Å². The van der Waals surface area contributed by atoms with E-state index in [1.54, 1.807) is 19.9 Å². The number of nitrogens with one attached hydrogen (secondary N) is 1. The number of benzene rings is 1. The van der Waals surface area contributed by atoms with Gasteiger partial charge in [0.2, 0.25) is 0 Å². The second kappa shape index (κ2) is 8.37. The van der Waals surface area contributed by atoms with E-state index in [0.29, 0.717) is 30.2 Å². The molecule has 0 saturated heterocycles. The molecule has 0 aromatic heterocycles. The van der Waals surface area contributed by atoms with Gasteiger partial charge in [0.15, 0.2) is 0 Å². The lowest BCUT2D eigenvalue weighted by Gasteiger charge is -2.34. The first-order valence-corrected chi connectivity index (χ1v) is 8.33. The van der Waals surface area contributed by atoms with Crippen LogP contribution in [-0.2, 0) is 9.53 Å². The summed E-state index contributed by atoms with van der Waals surface area (Å²) >= 11 is 0. The van der Waals surface area contributed by atoms with Gasteiger partial charge in [-0.15, -0.1) is 0 Å². The molecular formula is C19H24N2O4. The van der Waals surface area contributed by atoms with E-state index in [0.717, 1.165) is 5.56 Å². The molecule has 2 amide bonds. The van der Waals surface area contributed by atoms with Crippen molar-refractivity contribution in [3.05, 3.63) is 53.8 Å². The van der Waals surface area contributed by atoms with Gasteiger partial charge in [0.05, 0.1) is 18.2 Å². The van der Waals surface area contributed by atoms with Crippen LogP contribution in [0.5, 0.6) is 5.75 Å². The van der Waals surface area contributed by atoms with Crippen molar-refractivity contribution >= 4 is 12.0 Å². The number of allylic oxidation sites excluding steroid dienone is 1. The van der Waals surface area contributed by atoms with Crippen LogP contribution in [0.3, 0.4) is 0 Å². The average molecular weight is 344 g/mol. The maximum Gasteiger partial charge on any atom is 0.338 e. The standard InChI is InChI=1S/C19H24N2O4/c1-5-11-25-15-10-8-9-14(12-15)17-16(18(22)24-7-3)13(4)21(6-2)19(23)20-17/h5,8-10,12,17H,1,6-7,11H2,2-4H3,(H,20,23)/t17-/m1/s1. The van der Waals surface area contributed by atoms with Gasteiger partial charge in [-0.05, 0) is 38.5 Å². The maximum atomic E-state index is 12.5. The Hall–Kier alpha value is -2.76. The summed E-state index contributed by atoms with van der Waals surface area (Å²) in [4.78, 5) is 26.4. The number of nitrogens with zero attached hydrogens (tertiary/aromatic N) is 1. The number of carbonyl (C=O) groups excluding carboxylic acids is 2. The molecule has 0 radical (unpaired) electrons. The molecule has 1 aromatic rings. The van der Waals surface area contributed by atoms with E-state index < -0.39 is 12.0 Å². The Kier molecular flexibility index (Phi) is 6.22. The van der Waals surface area contributed by atoms with E-state index >= 15 is 0 Å². The number of amides is 2. The molecule has 1 N–H and O–H groups in total. The Labute approximate surface area is 148 Å². The normalized spacial score (nSPS) is 17.2. The first kappa shape index (κ1) is 18.6. The van der Waals surface area contributed by atoms with Crippen LogP contribution in [-0.4, -0.2) is 36.7 Å². The highest BCUT2D eigenvalue weighted by Gasteiger charge is 2.35. The predicted molar refractivity (Wildman–Crippen MR) is 95.1 cm³/mol. The van der Waals surface area contributed by atoms with Crippen molar-refractivity contribution < 1.29 is 19.1 Å². The molecule has 0 fully saturated rings. The molecule has 1 heterocycles. The van der Waals surface area contributed by atoms with Crippen molar-refractivity contribution in [3.63, 3.8) is 0 Å². The Bertz CT molecular complexity index is 696. The number of urea groups is 1. The molecule has 0 unspecified atom stereocenters. The zero-order valence-electron chi connectivity index (χ0n) is 14.9. The smallest absolute Gasteiger partial charge is 0.338 e. The first-order valence-electron chi connectivity index (χ1n) is 8.33. The van der Waals surface area contributed by atoms with E-state index in [-0.39, 0.29) is 12.6 Å². The van der Waals surface area contributed by atoms with Crippen LogP contribution in [0.4, 0.5) is 4.79 Å². The summed E-state index contributed by atoms with van der Waals surface area (Å²) < 4.78 is 10.8. The molecule has 1 aromatic carbocycles. The van der Waals surface area contributed by atoms with E-state index in [4.69, 9.17) is 9.47 Å². The van der Waals surface area contributed by atoms with Crippen LogP contribution in [0.25, 0.3) is 0 Å². The summed E-state index contributed by atoms with van der Waals surface area (Å²) in [6.45, 7) is 10.1. The molecule has 1 aliphatic rings. The molecular weight excluding hydrogens is 320 g/mol. The molecule has 6 nitrogen and oxygen atoms in total. The SMILES string of the molecule is C=CCOc1cccc([C@H]2NC(=O)N(CC)C(C)=C2C(=O)OCC)c1. The van der Waals surface area contributed by atoms with Crippen molar-refractivity contribution in [2.24, 2.45) is 0 Å². The fourth-order valence-corrected chi connectivity index (χ4v) is 2.82. The predicted octanol–water partition coefficient (Wildman–Crippen LogP) is 3.17. The average Bonchev–Trinajstić information content (AvgIpc) is 2.60. The highest BCUT2D eigenvalue weighted by Crippen LogP contribution is 2.32. The lowest BCUT2D eigenvalue weighted by atomic mass is 9.94. The maximum absolute atomic E-state index is 12.5. The van der Waals surface area contributed by atoms with Gasteiger partial charge < -0.3 is 14.8 Å². The number of hydrogen-bond acceptors (Lipinski definition) is 4. The Morgan fingerprint density at radius 1 is 1.40 bits per heavy atom. The largest absolute Gasteiger partial charge is 0.490 e. The molecule has 2 rings (SSSR count). The number of rotatable bonds is 7. The van der Waals surface area contributed by atoms with Crippen LogP contribution >= 0.6 is 0 Å². The second-order valence-corrected chi connectivity index (χ2v) is 5.52.